The van der Waals surface area contributed by atoms with Crippen LogP contribution < -0.4 is 5.32 Å². The molecule has 0 heterocycles. The van der Waals surface area contributed by atoms with Gasteiger partial charge in [0.2, 0.25) is 0 Å². The summed E-state index contributed by atoms with van der Waals surface area (Å²) >= 11 is 10.8. The highest BCUT2D eigenvalue weighted by atomic mass is 79.9. The fraction of sp³-hybridized carbons (Fsp3) is 0.250. The molecule has 0 aromatic heterocycles. The van der Waals surface area contributed by atoms with E-state index in [4.69, 9.17) is 0 Å². The van der Waals surface area contributed by atoms with Crippen molar-refractivity contribution in [3.63, 3.8) is 0 Å². The van der Waals surface area contributed by atoms with Crippen LogP contribution >= 0.6 is 47.8 Å². The zero-order valence-electron chi connectivity index (χ0n) is 11.2. The Morgan fingerprint density at radius 2 is 1.65 bits per heavy atom. The van der Waals surface area contributed by atoms with Gasteiger partial charge in [0.1, 0.15) is 0 Å². The van der Waals surface area contributed by atoms with Crippen molar-refractivity contribution in [2.24, 2.45) is 0 Å². The molecule has 0 amide bonds. The molecule has 1 N–H and O–H groups in total. The van der Waals surface area contributed by atoms with E-state index >= 15 is 0 Å². The van der Waals surface area contributed by atoms with Crippen LogP contribution in [0.15, 0.2) is 55.9 Å². The fourth-order valence-electron chi connectivity index (χ4n) is 2.21. The Labute approximate surface area is 145 Å². The van der Waals surface area contributed by atoms with Gasteiger partial charge in [0, 0.05) is 19.5 Å². The molecule has 106 valence electrons. The average Bonchev–Trinajstić information content (AvgIpc) is 2.39. The van der Waals surface area contributed by atoms with E-state index in [0.29, 0.717) is 6.04 Å². The van der Waals surface area contributed by atoms with E-state index in [-0.39, 0.29) is 0 Å². The number of halogens is 3. The lowest BCUT2D eigenvalue weighted by Gasteiger charge is -2.20. The van der Waals surface area contributed by atoms with Gasteiger partial charge >= 0.3 is 0 Å². The van der Waals surface area contributed by atoms with Gasteiger partial charge in [-0.2, -0.15) is 0 Å². The third kappa shape index (κ3) is 4.42. The molecule has 0 saturated carbocycles. The van der Waals surface area contributed by atoms with Crippen molar-refractivity contribution < 1.29 is 0 Å². The van der Waals surface area contributed by atoms with Crippen molar-refractivity contribution in [1.82, 2.24) is 5.32 Å². The highest BCUT2D eigenvalue weighted by Gasteiger charge is 2.14. The molecule has 2 aromatic carbocycles. The molecule has 0 aliphatic carbocycles. The second-order valence-electron chi connectivity index (χ2n) is 4.61. The maximum Gasteiger partial charge on any atom is 0.0361 e. The Morgan fingerprint density at radius 1 is 1.00 bits per heavy atom. The van der Waals surface area contributed by atoms with E-state index in [1.165, 1.54) is 11.1 Å². The SMILES string of the molecule is CCNC(Cc1ccccc1Br)c1cc(Br)cc(Br)c1. The molecule has 0 aliphatic rings. The predicted molar refractivity (Wildman–Crippen MR) is 96.1 cm³/mol. The molecule has 1 unspecified atom stereocenters. The zero-order valence-corrected chi connectivity index (χ0v) is 15.9. The molecule has 2 rings (SSSR count). The smallest absolute Gasteiger partial charge is 0.0361 e. The summed E-state index contributed by atoms with van der Waals surface area (Å²) < 4.78 is 3.35. The number of hydrogen-bond donors (Lipinski definition) is 1. The molecule has 0 saturated heterocycles. The van der Waals surface area contributed by atoms with E-state index in [2.05, 4.69) is 96.4 Å². The Morgan fingerprint density at radius 3 is 2.25 bits per heavy atom. The third-order valence-corrected chi connectivity index (χ3v) is 4.81. The quantitative estimate of drug-likeness (QED) is 0.587. The van der Waals surface area contributed by atoms with E-state index in [9.17, 15) is 0 Å². The van der Waals surface area contributed by atoms with E-state index < -0.39 is 0 Å². The van der Waals surface area contributed by atoms with Gasteiger partial charge in [0.05, 0.1) is 0 Å². The topological polar surface area (TPSA) is 12.0 Å². The summed E-state index contributed by atoms with van der Waals surface area (Å²) in [7, 11) is 0. The van der Waals surface area contributed by atoms with Gasteiger partial charge in [-0.3, -0.25) is 0 Å². The number of hydrogen-bond acceptors (Lipinski definition) is 1. The minimum absolute atomic E-state index is 0.299. The highest BCUT2D eigenvalue weighted by molar-refractivity contribution is 9.11. The van der Waals surface area contributed by atoms with Crippen LogP contribution in [0.2, 0.25) is 0 Å². The monoisotopic (exact) mass is 459 g/mol. The number of rotatable bonds is 5. The zero-order chi connectivity index (χ0) is 14.5. The molecule has 1 nitrogen and oxygen atoms in total. The number of nitrogens with one attached hydrogen (secondary N) is 1. The molecular formula is C16H16Br3N. The van der Waals surface area contributed by atoms with E-state index in [1.54, 1.807) is 0 Å². The molecular weight excluding hydrogens is 446 g/mol. The summed E-state index contributed by atoms with van der Waals surface area (Å²) in [5, 5.41) is 3.57. The van der Waals surface area contributed by atoms with Crippen molar-refractivity contribution in [2.45, 2.75) is 19.4 Å². The van der Waals surface area contributed by atoms with Crippen molar-refractivity contribution in [1.29, 1.82) is 0 Å². The van der Waals surface area contributed by atoms with Crippen molar-refractivity contribution in [2.75, 3.05) is 6.54 Å². The highest BCUT2D eigenvalue weighted by Crippen LogP contribution is 2.28. The fourth-order valence-corrected chi connectivity index (χ4v) is 3.99. The van der Waals surface area contributed by atoms with Gasteiger partial charge in [-0.25, -0.2) is 0 Å². The lowest BCUT2D eigenvalue weighted by Crippen LogP contribution is -2.23. The first-order valence-corrected chi connectivity index (χ1v) is 8.91. The Kier molecular flexibility index (Phi) is 6.27. The molecule has 20 heavy (non-hydrogen) atoms. The van der Waals surface area contributed by atoms with Crippen LogP contribution in [0.25, 0.3) is 0 Å². The van der Waals surface area contributed by atoms with Crippen molar-refractivity contribution in [3.8, 4) is 0 Å². The minimum Gasteiger partial charge on any atom is -0.310 e. The van der Waals surface area contributed by atoms with Crippen LogP contribution in [-0.4, -0.2) is 6.54 Å². The van der Waals surface area contributed by atoms with Gasteiger partial charge in [0.25, 0.3) is 0 Å². The molecule has 0 bridgehead atoms. The first-order chi connectivity index (χ1) is 9.60. The van der Waals surface area contributed by atoms with Crippen molar-refractivity contribution >= 4 is 47.8 Å². The Balaban J connectivity index is 2.29. The van der Waals surface area contributed by atoms with Crippen LogP contribution in [-0.2, 0) is 6.42 Å². The van der Waals surface area contributed by atoms with Gasteiger partial charge in [0.15, 0.2) is 0 Å². The van der Waals surface area contributed by atoms with E-state index in [0.717, 1.165) is 26.4 Å². The van der Waals surface area contributed by atoms with Crippen LogP contribution in [0.5, 0.6) is 0 Å². The van der Waals surface area contributed by atoms with Gasteiger partial charge in [-0.15, -0.1) is 0 Å². The molecule has 4 heteroatoms. The summed E-state index contributed by atoms with van der Waals surface area (Å²) in [6, 6.07) is 15.1. The predicted octanol–water partition coefficient (Wildman–Crippen LogP) is 5.87. The largest absolute Gasteiger partial charge is 0.310 e. The second-order valence-corrected chi connectivity index (χ2v) is 7.29. The molecule has 0 aliphatic heterocycles. The number of benzene rings is 2. The van der Waals surface area contributed by atoms with Crippen LogP contribution in [0.3, 0.4) is 0 Å². The van der Waals surface area contributed by atoms with Gasteiger partial charge in [-0.1, -0.05) is 72.9 Å². The van der Waals surface area contributed by atoms with E-state index in [1.807, 2.05) is 6.07 Å². The molecule has 0 spiro atoms. The van der Waals surface area contributed by atoms with Crippen molar-refractivity contribution in [3.05, 3.63) is 67.0 Å². The van der Waals surface area contributed by atoms with Crippen LogP contribution in [0, 0.1) is 0 Å². The standard InChI is InChI=1S/C16H16Br3N/c1-2-20-16(9-11-5-3-4-6-15(11)19)12-7-13(17)10-14(18)8-12/h3-8,10,16,20H,2,9H2,1H3. The summed E-state index contributed by atoms with van der Waals surface area (Å²) in [6.45, 7) is 3.08. The lowest BCUT2D eigenvalue weighted by atomic mass is 9.99. The summed E-state index contributed by atoms with van der Waals surface area (Å²) in [4.78, 5) is 0. The first kappa shape index (κ1) is 16.2. The summed E-state index contributed by atoms with van der Waals surface area (Å²) in [6.07, 6.45) is 0.957. The summed E-state index contributed by atoms with van der Waals surface area (Å²) in [5.41, 5.74) is 2.60. The second kappa shape index (κ2) is 7.74. The lowest BCUT2D eigenvalue weighted by molar-refractivity contribution is 0.548. The Hall–Kier alpha value is -0.160. The minimum atomic E-state index is 0.299. The van der Waals surface area contributed by atoms with Crippen LogP contribution in [0.4, 0.5) is 0 Å². The average molecular weight is 462 g/mol. The van der Waals surface area contributed by atoms with Crippen LogP contribution in [0.1, 0.15) is 24.1 Å². The molecule has 1 atom stereocenters. The number of likely N-dealkylation sites (N-methyl/N-ethyl adjacent to an activating group) is 1. The molecule has 0 radical (unpaired) electrons. The van der Waals surface area contributed by atoms with Gasteiger partial charge < -0.3 is 5.32 Å². The maximum absolute atomic E-state index is 3.63. The normalized spacial score (nSPS) is 12.4. The Bertz CT molecular complexity index is 563. The molecule has 0 fully saturated rings. The maximum atomic E-state index is 3.63. The first-order valence-electron chi connectivity index (χ1n) is 6.53. The van der Waals surface area contributed by atoms with Gasteiger partial charge in [-0.05, 0) is 48.4 Å². The molecule has 2 aromatic rings. The summed E-state index contributed by atoms with van der Waals surface area (Å²) in [5.74, 6) is 0. The third-order valence-electron chi connectivity index (χ3n) is 3.12.